The molecule has 0 saturated carbocycles. The Hall–Kier alpha value is -3.13. The average Bonchev–Trinajstić information content (AvgIpc) is 3.25. The molecule has 0 bridgehead atoms. The Labute approximate surface area is 203 Å². The molecule has 2 aromatic carbocycles. The first kappa shape index (κ1) is 24.0. The maximum Gasteiger partial charge on any atom is 0.262 e. The third kappa shape index (κ3) is 5.17. The highest BCUT2D eigenvalue weighted by molar-refractivity contribution is 7.98. The van der Waals surface area contributed by atoms with Gasteiger partial charge in [0.2, 0.25) is 5.78 Å². The zero-order valence-electron chi connectivity index (χ0n) is 20.1. The number of hydrogen-bond donors (Lipinski definition) is 1. The van der Waals surface area contributed by atoms with Gasteiger partial charge in [-0.25, -0.2) is 0 Å². The summed E-state index contributed by atoms with van der Waals surface area (Å²) in [5.41, 5.74) is 2.24. The van der Waals surface area contributed by atoms with Crippen molar-refractivity contribution in [1.82, 2.24) is 24.5 Å². The molecule has 0 radical (unpaired) electrons. The van der Waals surface area contributed by atoms with Crippen LogP contribution >= 0.6 is 11.8 Å². The van der Waals surface area contributed by atoms with E-state index in [1.165, 1.54) is 5.56 Å². The molecule has 0 fully saturated rings. The first-order valence-corrected chi connectivity index (χ1v) is 12.7. The molecule has 0 spiro atoms. The number of thioether (sulfide) groups is 1. The van der Waals surface area contributed by atoms with Gasteiger partial charge in [0.25, 0.3) is 11.5 Å². The zero-order valence-corrected chi connectivity index (χ0v) is 20.9. The highest BCUT2D eigenvalue weighted by Crippen LogP contribution is 2.25. The Kier molecular flexibility index (Phi) is 7.36. The van der Waals surface area contributed by atoms with Crippen molar-refractivity contribution in [3.63, 3.8) is 0 Å². The van der Waals surface area contributed by atoms with Crippen molar-refractivity contribution in [2.24, 2.45) is 11.8 Å². The standard InChI is InChI=1S/C26H31N5O2S/c1-17(2)12-13-30-24(33)21-11-10-20(23(32)27-15-18(3)4)14-22(21)31-25(30)28-29-26(31)34-16-19-8-6-5-7-9-19/h5-11,14,17-18H,12-13,15-16H2,1-4H3,(H,27,32). The summed E-state index contributed by atoms with van der Waals surface area (Å²) in [7, 11) is 0. The molecule has 0 atom stereocenters. The van der Waals surface area contributed by atoms with E-state index in [0.29, 0.717) is 52.3 Å². The molecule has 34 heavy (non-hydrogen) atoms. The summed E-state index contributed by atoms with van der Waals surface area (Å²) in [6.07, 6.45) is 0.857. The predicted octanol–water partition coefficient (Wildman–Crippen LogP) is 4.77. The normalized spacial score (nSPS) is 11.7. The van der Waals surface area contributed by atoms with Gasteiger partial charge in [-0.3, -0.25) is 18.6 Å². The fourth-order valence-electron chi connectivity index (χ4n) is 3.73. The Bertz CT molecular complexity index is 1360. The average molecular weight is 478 g/mol. The second kappa shape index (κ2) is 10.4. The monoisotopic (exact) mass is 477 g/mol. The van der Waals surface area contributed by atoms with E-state index in [4.69, 9.17) is 0 Å². The SMILES string of the molecule is CC(C)CCn1c(=O)c2ccc(C(=O)NCC(C)C)cc2n2c(SCc3ccccc3)nnc12. The largest absolute Gasteiger partial charge is 0.352 e. The van der Waals surface area contributed by atoms with Crippen LogP contribution in [-0.2, 0) is 12.3 Å². The van der Waals surface area contributed by atoms with Crippen molar-refractivity contribution in [2.75, 3.05) is 6.54 Å². The molecule has 2 heterocycles. The number of amides is 1. The number of benzene rings is 2. The molecule has 178 valence electrons. The van der Waals surface area contributed by atoms with E-state index in [1.807, 2.05) is 22.6 Å². The van der Waals surface area contributed by atoms with E-state index in [1.54, 1.807) is 34.5 Å². The molecular weight excluding hydrogens is 446 g/mol. The van der Waals surface area contributed by atoms with Gasteiger partial charge in [0.05, 0.1) is 10.9 Å². The Morgan fingerprint density at radius 2 is 1.79 bits per heavy atom. The van der Waals surface area contributed by atoms with Gasteiger partial charge in [0.15, 0.2) is 5.16 Å². The Morgan fingerprint density at radius 1 is 1.03 bits per heavy atom. The lowest BCUT2D eigenvalue weighted by Crippen LogP contribution is -2.28. The number of aryl methyl sites for hydroxylation is 1. The van der Waals surface area contributed by atoms with Crippen LogP contribution in [0.5, 0.6) is 0 Å². The van der Waals surface area contributed by atoms with Gasteiger partial charge < -0.3 is 5.32 Å². The molecule has 0 aliphatic heterocycles. The van der Waals surface area contributed by atoms with E-state index < -0.39 is 0 Å². The second-order valence-corrected chi connectivity index (χ2v) is 10.3. The summed E-state index contributed by atoms with van der Waals surface area (Å²) >= 11 is 1.57. The summed E-state index contributed by atoms with van der Waals surface area (Å²) in [6, 6.07) is 15.4. The lowest BCUT2D eigenvalue weighted by molar-refractivity contribution is 0.0949. The van der Waals surface area contributed by atoms with Crippen LogP contribution in [-0.4, -0.2) is 31.6 Å². The van der Waals surface area contributed by atoms with Gasteiger partial charge in [-0.1, -0.05) is 69.8 Å². The Balaban J connectivity index is 1.83. The molecular formula is C26H31N5O2S. The van der Waals surface area contributed by atoms with E-state index in [0.717, 1.165) is 12.2 Å². The summed E-state index contributed by atoms with van der Waals surface area (Å²) in [4.78, 5) is 26.2. The molecule has 0 aliphatic rings. The van der Waals surface area contributed by atoms with E-state index in [2.05, 4.69) is 55.3 Å². The van der Waals surface area contributed by atoms with Crippen LogP contribution in [0.1, 0.15) is 50.0 Å². The van der Waals surface area contributed by atoms with Gasteiger partial charge in [0.1, 0.15) is 0 Å². The summed E-state index contributed by atoms with van der Waals surface area (Å²) in [6.45, 7) is 9.53. The predicted molar refractivity (Wildman–Crippen MR) is 137 cm³/mol. The van der Waals surface area contributed by atoms with E-state index in [9.17, 15) is 9.59 Å². The maximum atomic E-state index is 13.4. The van der Waals surface area contributed by atoms with Crippen LogP contribution in [0.15, 0.2) is 58.5 Å². The summed E-state index contributed by atoms with van der Waals surface area (Å²) in [5, 5.41) is 13.1. The first-order valence-electron chi connectivity index (χ1n) is 11.7. The minimum Gasteiger partial charge on any atom is -0.352 e. The van der Waals surface area contributed by atoms with Crippen LogP contribution < -0.4 is 10.9 Å². The number of carbonyl (C=O) groups is 1. The second-order valence-electron chi connectivity index (χ2n) is 9.37. The van der Waals surface area contributed by atoms with Crippen LogP contribution in [0.3, 0.4) is 0 Å². The van der Waals surface area contributed by atoms with Crippen molar-refractivity contribution in [3.05, 3.63) is 70.0 Å². The van der Waals surface area contributed by atoms with Crippen LogP contribution in [0, 0.1) is 11.8 Å². The van der Waals surface area contributed by atoms with Crippen molar-refractivity contribution in [1.29, 1.82) is 0 Å². The molecule has 1 N–H and O–H groups in total. The van der Waals surface area contributed by atoms with Crippen molar-refractivity contribution in [2.45, 2.75) is 51.6 Å². The van der Waals surface area contributed by atoms with Gasteiger partial charge in [-0.05, 0) is 42.0 Å². The number of nitrogens with one attached hydrogen (secondary N) is 1. The third-order valence-corrected chi connectivity index (χ3v) is 6.65. The molecule has 8 heteroatoms. The number of carbonyl (C=O) groups excluding carboxylic acids is 1. The van der Waals surface area contributed by atoms with Gasteiger partial charge in [-0.2, -0.15) is 0 Å². The van der Waals surface area contributed by atoms with Gasteiger partial charge in [-0.15, -0.1) is 10.2 Å². The number of nitrogens with zero attached hydrogens (tertiary/aromatic N) is 4. The van der Waals surface area contributed by atoms with E-state index in [-0.39, 0.29) is 11.5 Å². The summed E-state index contributed by atoms with van der Waals surface area (Å²) in [5.74, 6) is 1.88. The quantitative estimate of drug-likeness (QED) is 0.351. The van der Waals surface area contributed by atoms with Crippen LogP contribution in [0.2, 0.25) is 0 Å². The fourth-order valence-corrected chi connectivity index (χ4v) is 4.62. The lowest BCUT2D eigenvalue weighted by atomic mass is 10.1. The van der Waals surface area contributed by atoms with Crippen molar-refractivity contribution in [3.8, 4) is 0 Å². The molecule has 0 unspecified atom stereocenters. The molecule has 4 aromatic rings. The highest BCUT2D eigenvalue weighted by atomic mass is 32.2. The minimum atomic E-state index is -0.153. The molecule has 4 rings (SSSR count). The number of rotatable bonds is 9. The van der Waals surface area contributed by atoms with Gasteiger partial charge in [0, 0.05) is 24.4 Å². The first-order chi connectivity index (χ1) is 16.3. The Morgan fingerprint density at radius 3 is 2.50 bits per heavy atom. The smallest absolute Gasteiger partial charge is 0.262 e. The zero-order chi connectivity index (χ0) is 24.2. The molecule has 1 amide bonds. The minimum absolute atomic E-state index is 0.107. The van der Waals surface area contributed by atoms with Crippen molar-refractivity contribution < 1.29 is 4.79 Å². The number of fused-ring (bicyclic) bond motifs is 3. The topological polar surface area (TPSA) is 81.3 Å². The molecule has 0 saturated heterocycles. The van der Waals surface area contributed by atoms with E-state index >= 15 is 0 Å². The highest BCUT2D eigenvalue weighted by Gasteiger charge is 2.19. The van der Waals surface area contributed by atoms with Crippen LogP contribution in [0.4, 0.5) is 0 Å². The van der Waals surface area contributed by atoms with Gasteiger partial charge >= 0.3 is 0 Å². The third-order valence-electron chi connectivity index (χ3n) is 5.65. The lowest BCUT2D eigenvalue weighted by Gasteiger charge is -2.13. The molecule has 7 nitrogen and oxygen atoms in total. The van der Waals surface area contributed by atoms with Crippen LogP contribution in [0.25, 0.3) is 16.7 Å². The number of aromatic nitrogens is 4. The van der Waals surface area contributed by atoms with Crippen molar-refractivity contribution >= 4 is 34.3 Å². The fraction of sp³-hybridized carbons (Fsp3) is 0.385. The molecule has 0 aliphatic carbocycles. The summed E-state index contributed by atoms with van der Waals surface area (Å²) < 4.78 is 3.63. The number of hydrogen-bond acceptors (Lipinski definition) is 5. The molecule has 2 aromatic heterocycles. The maximum absolute atomic E-state index is 13.4.